The second-order valence-electron chi connectivity index (χ2n) is 25.1. The summed E-state index contributed by atoms with van der Waals surface area (Å²) in [5, 5.41) is 9.76. The lowest BCUT2D eigenvalue weighted by molar-refractivity contribution is -0.870. The highest BCUT2D eigenvalue weighted by atomic mass is 16.7. The zero-order chi connectivity index (χ0) is 70.4. The summed E-state index contributed by atoms with van der Waals surface area (Å²) in [5.41, 5.74) is 0. The Labute approximate surface area is 593 Å². The van der Waals surface area contributed by atoms with Gasteiger partial charge in [-0.2, -0.15) is 0 Å². The number of ether oxygens (including phenoxy) is 4. The summed E-state index contributed by atoms with van der Waals surface area (Å²) in [6, 6.07) is 0. The molecule has 0 saturated heterocycles. The highest BCUT2D eigenvalue weighted by Gasteiger charge is 2.25. The Hall–Kier alpha value is -6.65. The first-order valence-corrected chi connectivity index (χ1v) is 37.5. The standard InChI is InChI=1S/C88H135NO8/c1-6-8-10-12-14-16-18-20-22-24-26-28-30-32-34-36-38-40-41-42-43-44-45-47-48-50-52-54-56-58-60-62-64-66-68-70-72-74-76-78-85(90)95-82-84(83-96-88(87(92)93)94-81-80-89(3,4)5)97-86(91)79-77-75-73-71-69-67-65-63-61-59-57-55-53-51-49-46-39-37-35-33-31-29-27-25-23-21-19-17-15-13-11-9-7-2/h8-11,14-17,20-23,26-29,32-35,38-40,42-43,45-47,50-53,57,59,63,65,69,71,84,88H,6-7,12-13,18-19,24-25,30-31,36-37,41,44,48-49,54-56,58,60-62,64,66-68,70,72-83H2,1-5H3/p+1/b10-8-,11-9-,16-14-,17-15-,22-20-,23-21-,28-26-,29-27-,34-32-,35-33-,40-38-,43-42-,46-39-,47-45-,52-50-,53-51-,59-57-,65-63-,71-69-. The number of carboxylic acid groups (broad SMARTS) is 1. The van der Waals surface area contributed by atoms with Crippen LogP contribution in [-0.2, 0) is 33.3 Å². The molecule has 1 N–H and O–H groups in total. The van der Waals surface area contributed by atoms with Crippen LogP contribution in [0.25, 0.3) is 0 Å². The lowest BCUT2D eigenvalue weighted by atomic mass is 10.0. The highest BCUT2D eigenvalue weighted by Crippen LogP contribution is 2.15. The number of hydrogen-bond acceptors (Lipinski definition) is 7. The number of aliphatic carboxylic acids is 1. The van der Waals surface area contributed by atoms with Gasteiger partial charge in [-0.1, -0.05) is 303 Å². The van der Waals surface area contributed by atoms with E-state index in [-0.39, 0.29) is 38.6 Å². The van der Waals surface area contributed by atoms with E-state index in [1.807, 2.05) is 21.1 Å². The fourth-order valence-electron chi connectivity index (χ4n) is 9.27. The predicted molar refractivity (Wildman–Crippen MR) is 418 cm³/mol. The molecule has 9 heteroatoms. The molecular formula is C88H136NO8+. The topological polar surface area (TPSA) is 108 Å². The Morgan fingerprint density at radius 1 is 0.309 bits per heavy atom. The third kappa shape index (κ3) is 76.6. The normalized spacial score (nSPS) is 14.0. The minimum atomic E-state index is -1.54. The van der Waals surface area contributed by atoms with Crippen molar-refractivity contribution >= 4 is 17.9 Å². The number of rotatable bonds is 66. The molecule has 0 aliphatic heterocycles. The molecule has 0 amide bonds. The van der Waals surface area contributed by atoms with E-state index in [1.54, 1.807) is 0 Å². The molecule has 0 bridgehead atoms. The van der Waals surface area contributed by atoms with E-state index in [0.29, 0.717) is 17.4 Å². The average Bonchev–Trinajstić information content (AvgIpc) is 2.59. The lowest BCUT2D eigenvalue weighted by Gasteiger charge is -2.25. The van der Waals surface area contributed by atoms with E-state index >= 15 is 0 Å². The van der Waals surface area contributed by atoms with Gasteiger partial charge in [0.2, 0.25) is 0 Å². The number of allylic oxidation sites excluding steroid dienone is 38. The van der Waals surface area contributed by atoms with Gasteiger partial charge in [0.05, 0.1) is 34.4 Å². The lowest BCUT2D eigenvalue weighted by Crippen LogP contribution is -2.40. The van der Waals surface area contributed by atoms with Crippen molar-refractivity contribution in [1.82, 2.24) is 0 Å². The van der Waals surface area contributed by atoms with Gasteiger partial charge in [-0.05, 0) is 161 Å². The largest absolute Gasteiger partial charge is 0.477 e. The van der Waals surface area contributed by atoms with E-state index in [1.165, 1.54) is 44.9 Å². The number of quaternary nitrogens is 1. The number of esters is 2. The molecule has 9 nitrogen and oxygen atoms in total. The van der Waals surface area contributed by atoms with Crippen molar-refractivity contribution in [3.63, 3.8) is 0 Å². The van der Waals surface area contributed by atoms with Crippen molar-refractivity contribution in [3.8, 4) is 0 Å². The first kappa shape index (κ1) is 90.4. The Balaban J connectivity index is 4.25. The van der Waals surface area contributed by atoms with Gasteiger partial charge in [-0.3, -0.25) is 9.59 Å². The Morgan fingerprint density at radius 3 is 0.845 bits per heavy atom. The molecule has 0 heterocycles. The molecule has 0 aromatic carbocycles. The van der Waals surface area contributed by atoms with Crippen LogP contribution in [0.2, 0.25) is 0 Å². The van der Waals surface area contributed by atoms with Crippen molar-refractivity contribution in [1.29, 1.82) is 0 Å². The van der Waals surface area contributed by atoms with Crippen molar-refractivity contribution in [2.45, 2.75) is 257 Å². The molecule has 0 spiro atoms. The number of likely N-dealkylation sites (N-methyl/N-ethyl adjacent to an activating group) is 1. The van der Waals surface area contributed by atoms with Gasteiger partial charge in [0.1, 0.15) is 13.2 Å². The third-order valence-electron chi connectivity index (χ3n) is 14.9. The van der Waals surface area contributed by atoms with E-state index < -0.39 is 24.3 Å². The van der Waals surface area contributed by atoms with Gasteiger partial charge in [0.15, 0.2) is 6.10 Å². The highest BCUT2D eigenvalue weighted by molar-refractivity contribution is 5.71. The maximum atomic E-state index is 12.9. The van der Waals surface area contributed by atoms with Crippen LogP contribution in [0, 0.1) is 0 Å². The van der Waals surface area contributed by atoms with Crippen LogP contribution >= 0.6 is 0 Å². The van der Waals surface area contributed by atoms with Gasteiger partial charge >= 0.3 is 17.9 Å². The number of carbonyl (C=O) groups is 3. The van der Waals surface area contributed by atoms with Crippen LogP contribution in [0.3, 0.4) is 0 Å². The molecule has 0 radical (unpaired) electrons. The summed E-state index contributed by atoms with van der Waals surface area (Å²) in [6.07, 6.45) is 117. The summed E-state index contributed by atoms with van der Waals surface area (Å²) < 4.78 is 22.9. The number of nitrogens with zero attached hydrogens (tertiary/aromatic N) is 1. The van der Waals surface area contributed by atoms with Gasteiger partial charge in [0, 0.05) is 12.8 Å². The first-order valence-electron chi connectivity index (χ1n) is 37.5. The Morgan fingerprint density at radius 2 is 0.557 bits per heavy atom. The van der Waals surface area contributed by atoms with Gasteiger partial charge in [0.25, 0.3) is 6.29 Å². The zero-order valence-corrected chi connectivity index (χ0v) is 61.6. The van der Waals surface area contributed by atoms with Crippen LogP contribution in [0.15, 0.2) is 231 Å². The smallest absolute Gasteiger partial charge is 0.361 e. The monoisotopic (exact) mass is 1340 g/mol. The van der Waals surface area contributed by atoms with Crippen molar-refractivity contribution in [2.24, 2.45) is 0 Å². The van der Waals surface area contributed by atoms with Crippen LogP contribution in [0.5, 0.6) is 0 Å². The van der Waals surface area contributed by atoms with Crippen molar-refractivity contribution in [2.75, 3.05) is 47.5 Å². The number of hydrogen-bond donors (Lipinski definition) is 1. The molecule has 0 rings (SSSR count). The zero-order valence-electron chi connectivity index (χ0n) is 61.6. The molecule has 540 valence electrons. The summed E-state index contributed by atoms with van der Waals surface area (Å²) in [6.45, 7) is 4.56. The second kappa shape index (κ2) is 75.1. The quantitative estimate of drug-likeness (QED) is 0.0211. The minimum Gasteiger partial charge on any atom is -0.477 e. The van der Waals surface area contributed by atoms with E-state index in [9.17, 15) is 19.5 Å². The summed E-state index contributed by atoms with van der Waals surface area (Å²) in [7, 11) is 5.94. The number of unbranched alkanes of at least 4 members (excludes halogenated alkanes) is 13. The predicted octanol–water partition coefficient (Wildman–Crippen LogP) is 24.2. The molecule has 0 aromatic heterocycles. The molecule has 0 fully saturated rings. The molecule has 2 atom stereocenters. The molecule has 0 aliphatic carbocycles. The molecule has 2 unspecified atom stereocenters. The van der Waals surface area contributed by atoms with Gasteiger partial charge in [-0.15, -0.1) is 0 Å². The van der Waals surface area contributed by atoms with Crippen molar-refractivity contribution < 1.29 is 42.9 Å². The summed E-state index contributed by atoms with van der Waals surface area (Å²) in [4.78, 5) is 37.7. The fraction of sp³-hybridized carbons (Fsp3) is 0.534. The molecule has 97 heavy (non-hydrogen) atoms. The summed E-state index contributed by atoms with van der Waals surface area (Å²) >= 11 is 0. The van der Waals surface area contributed by atoms with E-state index in [4.69, 9.17) is 18.9 Å². The van der Waals surface area contributed by atoms with Gasteiger partial charge in [-0.25, -0.2) is 4.79 Å². The van der Waals surface area contributed by atoms with Crippen LogP contribution in [0.1, 0.15) is 245 Å². The molecule has 0 saturated carbocycles. The van der Waals surface area contributed by atoms with Crippen LogP contribution in [-0.4, -0.2) is 87.4 Å². The van der Waals surface area contributed by atoms with E-state index in [0.717, 1.165) is 167 Å². The molecular weight excluding hydrogens is 1200 g/mol. The first-order chi connectivity index (χ1) is 47.6. The van der Waals surface area contributed by atoms with Gasteiger partial charge < -0.3 is 28.5 Å². The maximum absolute atomic E-state index is 12.9. The maximum Gasteiger partial charge on any atom is 0.361 e. The average molecular weight is 1340 g/mol. The minimum absolute atomic E-state index is 0.166. The number of carbonyl (C=O) groups excluding carboxylic acids is 2. The van der Waals surface area contributed by atoms with Crippen LogP contribution in [0.4, 0.5) is 0 Å². The van der Waals surface area contributed by atoms with Crippen LogP contribution < -0.4 is 0 Å². The SMILES string of the molecule is CC/C=C\C/C=C\C/C=C\C/C=C\C/C=C\C/C=C\C/C=C\C/C=C\C/C=C\C/C=C\CCCCC(=O)OC(COC(=O)CCCCCCCCCCCCC/C=C\C/C=C\C/C=C\C/C=C\C/C=C\C/C=C\C/C=C\C/C=C\C/C=C\CC)COC(OCC[N+](C)(C)C)C(=O)O. The Bertz CT molecular complexity index is 2450. The molecule has 0 aliphatic rings. The Kier molecular flexibility index (Phi) is 70.0. The third-order valence-corrected chi connectivity index (χ3v) is 14.9. The second-order valence-corrected chi connectivity index (χ2v) is 25.1. The number of carboxylic acids is 1. The summed E-state index contributed by atoms with van der Waals surface area (Å²) in [5.74, 6) is -2.10. The van der Waals surface area contributed by atoms with Crippen molar-refractivity contribution in [3.05, 3.63) is 231 Å². The van der Waals surface area contributed by atoms with E-state index in [2.05, 4.69) is 245 Å². The molecule has 0 aromatic rings. The fourth-order valence-corrected chi connectivity index (χ4v) is 9.27.